The molecule has 2 nitrogen and oxygen atoms in total. The summed E-state index contributed by atoms with van der Waals surface area (Å²) in [6.07, 6.45) is 0. The third kappa shape index (κ3) is 3.53. The maximum Gasteiger partial charge on any atom is 0.150 e. The zero-order chi connectivity index (χ0) is 15.6. The summed E-state index contributed by atoms with van der Waals surface area (Å²) in [5, 5.41) is 2.87. The van der Waals surface area contributed by atoms with Crippen LogP contribution in [0.4, 0.5) is 14.5 Å². The molecule has 5 heteroatoms. The van der Waals surface area contributed by atoms with Crippen LogP contribution in [0.1, 0.15) is 24.1 Å². The van der Waals surface area contributed by atoms with Crippen LogP contribution in [0.25, 0.3) is 0 Å². The van der Waals surface area contributed by atoms with Gasteiger partial charge in [-0.1, -0.05) is 33.6 Å². The van der Waals surface area contributed by atoms with E-state index in [2.05, 4.69) is 21.2 Å². The van der Waals surface area contributed by atoms with Gasteiger partial charge in [0.2, 0.25) is 0 Å². The molecule has 0 saturated carbocycles. The van der Waals surface area contributed by atoms with Crippen molar-refractivity contribution in [3.63, 3.8) is 0 Å². The molecule has 112 valence electrons. The number of methoxy groups -OCH3 is 1. The number of benzene rings is 2. The molecule has 0 aliphatic heterocycles. The van der Waals surface area contributed by atoms with Crippen LogP contribution < -0.4 is 10.1 Å². The van der Waals surface area contributed by atoms with Gasteiger partial charge in [0.05, 0.1) is 13.2 Å². The molecule has 0 aliphatic carbocycles. The predicted molar refractivity (Wildman–Crippen MR) is 83.8 cm³/mol. The third-order valence-electron chi connectivity index (χ3n) is 3.22. The van der Waals surface area contributed by atoms with E-state index in [4.69, 9.17) is 4.74 Å². The van der Waals surface area contributed by atoms with E-state index < -0.39 is 11.6 Å². The van der Waals surface area contributed by atoms with Gasteiger partial charge < -0.3 is 10.1 Å². The fourth-order valence-corrected chi connectivity index (χ4v) is 2.57. The Labute approximate surface area is 131 Å². The number of halogens is 3. The molecule has 1 atom stereocenters. The Bertz CT molecular complexity index is 638. The van der Waals surface area contributed by atoms with Gasteiger partial charge in [-0.05, 0) is 32.0 Å². The first-order valence-corrected chi connectivity index (χ1v) is 7.27. The molecular weight excluding hydrogens is 340 g/mol. The van der Waals surface area contributed by atoms with Crippen LogP contribution >= 0.6 is 15.9 Å². The minimum absolute atomic E-state index is 0.144. The Hall–Kier alpha value is -1.62. The summed E-state index contributed by atoms with van der Waals surface area (Å²) in [4.78, 5) is 0. The number of nitrogens with one attached hydrogen (secondary N) is 1. The Morgan fingerprint density at radius 2 is 1.76 bits per heavy atom. The second kappa shape index (κ2) is 6.43. The predicted octanol–water partition coefficient (Wildman–Crippen LogP) is 5.22. The Kier molecular flexibility index (Phi) is 4.83. The zero-order valence-corrected chi connectivity index (χ0v) is 13.6. The molecule has 2 rings (SSSR count). The minimum atomic E-state index is -0.639. The highest BCUT2D eigenvalue weighted by molar-refractivity contribution is 9.10. The average molecular weight is 356 g/mol. The molecular formula is C16H16BrF2NO. The number of hydrogen-bond donors (Lipinski definition) is 1. The lowest BCUT2D eigenvalue weighted by Crippen LogP contribution is -2.11. The fraction of sp³-hybridized carbons (Fsp3) is 0.250. The lowest BCUT2D eigenvalue weighted by molar-refractivity contribution is 0.407. The van der Waals surface area contributed by atoms with Gasteiger partial charge >= 0.3 is 0 Å². The zero-order valence-electron chi connectivity index (χ0n) is 12.0. The summed E-state index contributed by atoms with van der Waals surface area (Å²) in [7, 11) is 1.57. The van der Waals surface area contributed by atoms with E-state index in [1.807, 2.05) is 32.0 Å². The summed E-state index contributed by atoms with van der Waals surface area (Å²) < 4.78 is 33.4. The van der Waals surface area contributed by atoms with Crippen LogP contribution in [0.2, 0.25) is 0 Å². The van der Waals surface area contributed by atoms with Crippen molar-refractivity contribution in [2.24, 2.45) is 0 Å². The van der Waals surface area contributed by atoms with E-state index in [-0.39, 0.29) is 11.7 Å². The van der Waals surface area contributed by atoms with Crippen LogP contribution in [-0.2, 0) is 0 Å². The molecule has 0 bridgehead atoms. The molecule has 0 aliphatic rings. The molecule has 0 heterocycles. The van der Waals surface area contributed by atoms with E-state index in [0.717, 1.165) is 11.1 Å². The highest BCUT2D eigenvalue weighted by atomic mass is 79.9. The first-order chi connectivity index (χ1) is 9.92. The van der Waals surface area contributed by atoms with E-state index in [9.17, 15) is 8.78 Å². The Morgan fingerprint density at radius 1 is 1.14 bits per heavy atom. The van der Waals surface area contributed by atoms with Crippen LogP contribution in [0.5, 0.6) is 5.75 Å². The first kappa shape index (κ1) is 15.8. The molecule has 1 unspecified atom stereocenters. The number of ether oxygens (including phenoxy) is 1. The van der Waals surface area contributed by atoms with Gasteiger partial charge in [-0.3, -0.25) is 0 Å². The average Bonchev–Trinajstić information content (AvgIpc) is 2.42. The summed E-state index contributed by atoms with van der Waals surface area (Å²) in [5.41, 5.74) is 1.75. The van der Waals surface area contributed by atoms with Crippen molar-refractivity contribution in [2.75, 3.05) is 12.4 Å². The fourth-order valence-electron chi connectivity index (χ4n) is 2.17. The summed E-state index contributed by atoms with van der Waals surface area (Å²) in [5.74, 6) is -0.598. The normalized spacial score (nSPS) is 12.1. The molecule has 0 spiro atoms. The van der Waals surface area contributed by atoms with E-state index >= 15 is 0 Å². The van der Waals surface area contributed by atoms with Crippen LogP contribution in [0.3, 0.4) is 0 Å². The molecule has 2 aromatic carbocycles. The van der Waals surface area contributed by atoms with Gasteiger partial charge in [-0.15, -0.1) is 0 Å². The summed E-state index contributed by atoms with van der Waals surface area (Å²) >= 11 is 3.06. The largest absolute Gasteiger partial charge is 0.496 e. The van der Waals surface area contributed by atoms with Gasteiger partial charge in [0.1, 0.15) is 23.1 Å². The van der Waals surface area contributed by atoms with Crippen molar-refractivity contribution >= 4 is 21.6 Å². The highest BCUT2D eigenvalue weighted by Crippen LogP contribution is 2.31. The minimum Gasteiger partial charge on any atom is -0.496 e. The SMILES string of the molecule is COc1ccc(C)cc1C(C)Nc1c(F)cc(Br)cc1F. The molecule has 0 amide bonds. The van der Waals surface area contributed by atoms with Gasteiger partial charge in [0.15, 0.2) is 0 Å². The number of hydrogen-bond acceptors (Lipinski definition) is 2. The van der Waals surface area contributed by atoms with Gasteiger partial charge in [-0.25, -0.2) is 8.78 Å². The maximum absolute atomic E-state index is 13.9. The van der Waals surface area contributed by atoms with Crippen molar-refractivity contribution < 1.29 is 13.5 Å². The Balaban J connectivity index is 2.34. The second-order valence-electron chi connectivity index (χ2n) is 4.86. The quantitative estimate of drug-likeness (QED) is 0.811. The van der Waals surface area contributed by atoms with E-state index in [0.29, 0.717) is 10.2 Å². The molecule has 0 aromatic heterocycles. The number of anilines is 1. The number of aryl methyl sites for hydroxylation is 1. The van der Waals surface area contributed by atoms with Gasteiger partial charge in [-0.2, -0.15) is 0 Å². The highest BCUT2D eigenvalue weighted by Gasteiger charge is 2.16. The molecule has 2 aromatic rings. The number of rotatable bonds is 4. The van der Waals surface area contributed by atoms with Gasteiger partial charge in [0, 0.05) is 10.0 Å². The van der Waals surface area contributed by atoms with Crippen LogP contribution in [0.15, 0.2) is 34.8 Å². The molecule has 0 radical (unpaired) electrons. The molecule has 1 N–H and O–H groups in total. The van der Waals surface area contributed by atoms with Crippen LogP contribution in [0, 0.1) is 18.6 Å². The van der Waals surface area contributed by atoms with Crippen molar-refractivity contribution in [1.82, 2.24) is 0 Å². The standard InChI is InChI=1S/C16H16BrF2NO/c1-9-4-5-15(21-3)12(6-9)10(2)20-16-13(18)7-11(17)8-14(16)19/h4-8,10,20H,1-3H3. The van der Waals surface area contributed by atoms with Crippen LogP contribution in [-0.4, -0.2) is 7.11 Å². The third-order valence-corrected chi connectivity index (χ3v) is 3.68. The molecule has 21 heavy (non-hydrogen) atoms. The van der Waals surface area contributed by atoms with Crippen molar-refractivity contribution in [1.29, 1.82) is 0 Å². The van der Waals surface area contributed by atoms with E-state index in [1.165, 1.54) is 12.1 Å². The Morgan fingerprint density at radius 3 is 2.33 bits per heavy atom. The lowest BCUT2D eigenvalue weighted by Gasteiger charge is -2.20. The summed E-state index contributed by atoms with van der Waals surface area (Å²) in [6, 6.07) is 7.86. The lowest BCUT2D eigenvalue weighted by atomic mass is 10.0. The monoisotopic (exact) mass is 355 g/mol. The van der Waals surface area contributed by atoms with Gasteiger partial charge in [0.25, 0.3) is 0 Å². The smallest absolute Gasteiger partial charge is 0.150 e. The van der Waals surface area contributed by atoms with Crippen molar-refractivity contribution in [2.45, 2.75) is 19.9 Å². The second-order valence-corrected chi connectivity index (χ2v) is 5.77. The topological polar surface area (TPSA) is 21.3 Å². The van der Waals surface area contributed by atoms with Crippen molar-refractivity contribution in [3.05, 3.63) is 57.6 Å². The molecule has 0 saturated heterocycles. The van der Waals surface area contributed by atoms with Crippen molar-refractivity contribution in [3.8, 4) is 5.75 Å². The maximum atomic E-state index is 13.9. The molecule has 0 fully saturated rings. The first-order valence-electron chi connectivity index (χ1n) is 6.48. The summed E-state index contributed by atoms with van der Waals surface area (Å²) in [6.45, 7) is 3.79. The van der Waals surface area contributed by atoms with E-state index in [1.54, 1.807) is 7.11 Å².